The SMILES string of the molecule is CC1(C)CC(=O)N(C2CCCC2)O1. The minimum atomic E-state index is -0.278. The summed E-state index contributed by atoms with van der Waals surface area (Å²) in [7, 11) is 0. The maximum Gasteiger partial charge on any atom is 0.249 e. The molecule has 0 aromatic carbocycles. The van der Waals surface area contributed by atoms with Crippen LogP contribution in [-0.4, -0.2) is 22.6 Å². The van der Waals surface area contributed by atoms with E-state index in [0.717, 1.165) is 12.8 Å². The number of nitrogens with zero attached hydrogens (tertiary/aromatic N) is 1. The highest BCUT2D eigenvalue weighted by Gasteiger charge is 2.41. The van der Waals surface area contributed by atoms with Gasteiger partial charge in [-0.25, -0.2) is 5.06 Å². The van der Waals surface area contributed by atoms with Crippen LogP contribution in [0.4, 0.5) is 0 Å². The smallest absolute Gasteiger partial charge is 0.249 e. The van der Waals surface area contributed by atoms with Gasteiger partial charge in [-0.1, -0.05) is 12.8 Å². The molecule has 0 aromatic rings. The van der Waals surface area contributed by atoms with Crippen LogP contribution in [0.5, 0.6) is 0 Å². The Balaban J connectivity index is 2.04. The minimum Gasteiger partial charge on any atom is -0.272 e. The second-order valence-electron chi connectivity index (χ2n) is 4.69. The van der Waals surface area contributed by atoms with Crippen LogP contribution in [0.25, 0.3) is 0 Å². The fraction of sp³-hybridized carbons (Fsp3) is 0.900. The van der Waals surface area contributed by atoms with Gasteiger partial charge in [0.25, 0.3) is 0 Å². The van der Waals surface area contributed by atoms with Crippen LogP contribution in [0.3, 0.4) is 0 Å². The van der Waals surface area contributed by atoms with Gasteiger partial charge >= 0.3 is 0 Å². The average molecular weight is 183 g/mol. The quantitative estimate of drug-likeness (QED) is 0.621. The molecule has 3 nitrogen and oxygen atoms in total. The molecule has 0 bridgehead atoms. The van der Waals surface area contributed by atoms with E-state index in [0.29, 0.717) is 12.5 Å². The molecule has 0 atom stereocenters. The summed E-state index contributed by atoms with van der Waals surface area (Å²) >= 11 is 0. The Morgan fingerprint density at radius 2 is 2.00 bits per heavy atom. The maximum atomic E-state index is 11.6. The highest BCUT2D eigenvalue weighted by atomic mass is 16.7. The van der Waals surface area contributed by atoms with Gasteiger partial charge in [0, 0.05) is 0 Å². The van der Waals surface area contributed by atoms with E-state index in [1.54, 1.807) is 5.06 Å². The van der Waals surface area contributed by atoms with Crippen LogP contribution >= 0.6 is 0 Å². The van der Waals surface area contributed by atoms with Gasteiger partial charge in [-0.05, 0) is 26.7 Å². The highest BCUT2D eigenvalue weighted by molar-refractivity contribution is 5.78. The summed E-state index contributed by atoms with van der Waals surface area (Å²) in [5, 5.41) is 1.63. The van der Waals surface area contributed by atoms with Crippen LogP contribution in [0.2, 0.25) is 0 Å². The Morgan fingerprint density at radius 1 is 1.38 bits per heavy atom. The van der Waals surface area contributed by atoms with Gasteiger partial charge in [0.1, 0.15) is 0 Å². The second-order valence-corrected chi connectivity index (χ2v) is 4.69. The van der Waals surface area contributed by atoms with Crippen molar-refractivity contribution in [1.82, 2.24) is 5.06 Å². The molecule has 1 aliphatic heterocycles. The second kappa shape index (κ2) is 2.98. The van der Waals surface area contributed by atoms with E-state index in [1.165, 1.54) is 12.8 Å². The van der Waals surface area contributed by atoms with E-state index in [1.807, 2.05) is 13.8 Å². The van der Waals surface area contributed by atoms with Crippen LogP contribution in [-0.2, 0) is 9.63 Å². The summed E-state index contributed by atoms with van der Waals surface area (Å²) in [5.41, 5.74) is -0.278. The Labute approximate surface area is 79.0 Å². The first-order valence-corrected chi connectivity index (χ1v) is 5.10. The van der Waals surface area contributed by atoms with Crippen molar-refractivity contribution >= 4 is 5.91 Å². The topological polar surface area (TPSA) is 29.5 Å². The van der Waals surface area contributed by atoms with E-state index in [4.69, 9.17) is 4.84 Å². The third-order valence-electron chi connectivity index (χ3n) is 2.82. The van der Waals surface area contributed by atoms with E-state index < -0.39 is 0 Å². The zero-order valence-corrected chi connectivity index (χ0v) is 8.38. The molecule has 2 aliphatic rings. The van der Waals surface area contributed by atoms with E-state index >= 15 is 0 Å². The molecular weight excluding hydrogens is 166 g/mol. The van der Waals surface area contributed by atoms with Crippen molar-refractivity contribution in [3.05, 3.63) is 0 Å². The molecule has 2 rings (SSSR count). The summed E-state index contributed by atoms with van der Waals surface area (Å²) < 4.78 is 0. The van der Waals surface area contributed by atoms with Crippen molar-refractivity contribution in [1.29, 1.82) is 0 Å². The van der Waals surface area contributed by atoms with Crippen molar-refractivity contribution in [3.8, 4) is 0 Å². The molecule has 1 amide bonds. The van der Waals surface area contributed by atoms with Gasteiger partial charge < -0.3 is 0 Å². The molecule has 1 saturated carbocycles. The first-order chi connectivity index (χ1) is 6.08. The zero-order chi connectivity index (χ0) is 9.47. The van der Waals surface area contributed by atoms with E-state index in [9.17, 15) is 4.79 Å². The number of rotatable bonds is 1. The van der Waals surface area contributed by atoms with Crippen molar-refractivity contribution in [2.45, 2.75) is 57.6 Å². The Kier molecular flexibility index (Phi) is 2.06. The molecule has 13 heavy (non-hydrogen) atoms. The Hall–Kier alpha value is -0.570. The van der Waals surface area contributed by atoms with Gasteiger partial charge in [-0.2, -0.15) is 0 Å². The molecule has 0 spiro atoms. The standard InChI is InChI=1S/C10H17NO2/c1-10(2)7-9(12)11(13-10)8-5-3-4-6-8/h8H,3-7H2,1-2H3. The van der Waals surface area contributed by atoms with Gasteiger partial charge in [-0.3, -0.25) is 9.63 Å². The number of hydroxylamine groups is 2. The number of carbonyl (C=O) groups excluding carboxylic acids is 1. The minimum absolute atomic E-state index is 0.164. The monoisotopic (exact) mass is 183 g/mol. The molecule has 1 saturated heterocycles. The molecule has 1 aliphatic carbocycles. The fourth-order valence-corrected chi connectivity index (χ4v) is 2.21. The summed E-state index contributed by atoms with van der Waals surface area (Å²) in [6, 6.07) is 0.356. The lowest BCUT2D eigenvalue weighted by molar-refractivity contribution is -0.206. The molecule has 0 N–H and O–H groups in total. The fourth-order valence-electron chi connectivity index (χ4n) is 2.21. The van der Waals surface area contributed by atoms with Gasteiger partial charge in [0.2, 0.25) is 5.91 Å². The molecule has 0 unspecified atom stereocenters. The van der Waals surface area contributed by atoms with E-state index in [-0.39, 0.29) is 11.5 Å². The lowest BCUT2D eigenvalue weighted by atomic mass is 10.1. The van der Waals surface area contributed by atoms with Gasteiger partial charge in [0.15, 0.2) is 0 Å². The number of carbonyl (C=O) groups is 1. The lowest BCUT2D eigenvalue weighted by Crippen LogP contribution is -2.34. The van der Waals surface area contributed by atoms with Crippen LogP contribution in [0.15, 0.2) is 0 Å². The van der Waals surface area contributed by atoms with Crippen LogP contribution in [0, 0.1) is 0 Å². The molecule has 3 heteroatoms. The van der Waals surface area contributed by atoms with Crippen molar-refractivity contribution in [2.75, 3.05) is 0 Å². The largest absolute Gasteiger partial charge is 0.272 e. The first-order valence-electron chi connectivity index (χ1n) is 5.10. The molecule has 2 fully saturated rings. The molecule has 1 heterocycles. The van der Waals surface area contributed by atoms with Crippen molar-refractivity contribution in [2.24, 2.45) is 0 Å². The molecule has 0 radical (unpaired) electrons. The van der Waals surface area contributed by atoms with Gasteiger partial charge in [-0.15, -0.1) is 0 Å². The maximum absolute atomic E-state index is 11.6. The third-order valence-corrected chi connectivity index (χ3v) is 2.82. The highest BCUT2D eigenvalue weighted by Crippen LogP contribution is 2.33. The molecule has 0 aromatic heterocycles. The summed E-state index contributed by atoms with van der Waals surface area (Å²) in [6.45, 7) is 3.94. The predicted molar refractivity (Wildman–Crippen MR) is 48.9 cm³/mol. The molecule has 74 valence electrons. The Bertz CT molecular complexity index is 219. The Morgan fingerprint density at radius 3 is 2.46 bits per heavy atom. The number of hydrogen-bond donors (Lipinski definition) is 0. The number of amides is 1. The van der Waals surface area contributed by atoms with Crippen LogP contribution < -0.4 is 0 Å². The molecular formula is C10H17NO2. The lowest BCUT2D eigenvalue weighted by Gasteiger charge is -2.25. The predicted octanol–water partition coefficient (Wildman–Crippen LogP) is 1.87. The third kappa shape index (κ3) is 1.70. The van der Waals surface area contributed by atoms with Crippen LogP contribution in [0.1, 0.15) is 46.0 Å². The first kappa shape index (κ1) is 9.00. The number of hydrogen-bond acceptors (Lipinski definition) is 2. The van der Waals surface area contributed by atoms with E-state index in [2.05, 4.69) is 0 Å². The summed E-state index contributed by atoms with van der Waals surface area (Å²) in [6.07, 6.45) is 5.23. The van der Waals surface area contributed by atoms with Crippen molar-refractivity contribution < 1.29 is 9.63 Å². The average Bonchev–Trinajstić information content (AvgIpc) is 2.56. The summed E-state index contributed by atoms with van der Waals surface area (Å²) in [5.74, 6) is 0.164. The zero-order valence-electron chi connectivity index (χ0n) is 8.38. The normalized spacial score (nSPS) is 28.8. The summed E-state index contributed by atoms with van der Waals surface area (Å²) in [4.78, 5) is 17.2. The van der Waals surface area contributed by atoms with Crippen molar-refractivity contribution in [3.63, 3.8) is 0 Å². The van der Waals surface area contributed by atoms with Gasteiger partial charge in [0.05, 0.1) is 18.1 Å².